The van der Waals surface area contributed by atoms with Crippen LogP contribution in [0.5, 0.6) is 0 Å². The van der Waals surface area contributed by atoms with E-state index in [4.69, 9.17) is 5.73 Å². The molecule has 3 nitrogen and oxygen atoms in total. The van der Waals surface area contributed by atoms with E-state index in [0.29, 0.717) is 0 Å². The molecule has 1 aliphatic heterocycles. The first kappa shape index (κ1) is 14.8. The second-order valence-electron chi connectivity index (χ2n) is 6.36. The second kappa shape index (κ2) is 6.00. The van der Waals surface area contributed by atoms with E-state index in [0.717, 1.165) is 25.1 Å². The molecule has 3 aromatic carbocycles. The number of fused-ring (bicyclic) bond motifs is 1. The highest BCUT2D eigenvalue weighted by Gasteiger charge is 2.28. The van der Waals surface area contributed by atoms with Crippen LogP contribution in [-0.2, 0) is 4.79 Å². The highest BCUT2D eigenvalue weighted by molar-refractivity contribution is 5.88. The van der Waals surface area contributed by atoms with Crippen molar-refractivity contribution < 1.29 is 4.79 Å². The van der Waals surface area contributed by atoms with Gasteiger partial charge < -0.3 is 10.6 Å². The van der Waals surface area contributed by atoms with E-state index >= 15 is 0 Å². The zero-order chi connectivity index (χ0) is 16.5. The maximum absolute atomic E-state index is 11.6. The zero-order valence-electron chi connectivity index (χ0n) is 13.5. The Hall–Kier alpha value is -2.81. The molecule has 24 heavy (non-hydrogen) atoms. The minimum absolute atomic E-state index is 0.170. The molecular weight excluding hydrogens is 296 g/mol. The number of hydrogen-bond acceptors (Lipinski definition) is 2. The lowest BCUT2D eigenvalue weighted by Crippen LogP contribution is -2.40. The molecule has 120 valence electrons. The summed E-state index contributed by atoms with van der Waals surface area (Å²) in [6, 6.07) is 23.1. The fourth-order valence-electron chi connectivity index (χ4n) is 3.59. The van der Waals surface area contributed by atoms with Gasteiger partial charge in [0.1, 0.15) is 6.04 Å². The standard InChI is InChI=1S/C21H20N2O/c22-21(24)20-6-3-13-23(20)19-11-9-16(10-12-19)18-8-7-15-4-1-2-5-17(15)14-18/h1-2,4-5,7-12,14,20H,3,6,13H2,(H2,22,24)/t20-/m1/s1. The van der Waals surface area contributed by atoms with Gasteiger partial charge in [-0.05, 0) is 52.9 Å². The second-order valence-corrected chi connectivity index (χ2v) is 6.36. The highest BCUT2D eigenvalue weighted by atomic mass is 16.1. The molecule has 3 aromatic rings. The molecule has 2 N–H and O–H groups in total. The van der Waals surface area contributed by atoms with Crippen molar-refractivity contribution in [2.75, 3.05) is 11.4 Å². The molecule has 1 fully saturated rings. The third-order valence-corrected chi connectivity index (χ3v) is 4.86. The summed E-state index contributed by atoms with van der Waals surface area (Å²) in [6.45, 7) is 0.892. The van der Waals surface area contributed by atoms with Gasteiger partial charge in [-0.2, -0.15) is 0 Å². The van der Waals surface area contributed by atoms with Crippen molar-refractivity contribution in [1.82, 2.24) is 0 Å². The number of nitrogens with two attached hydrogens (primary N) is 1. The summed E-state index contributed by atoms with van der Waals surface area (Å²) >= 11 is 0. The minimum Gasteiger partial charge on any atom is -0.368 e. The topological polar surface area (TPSA) is 46.3 Å². The van der Waals surface area contributed by atoms with Crippen molar-refractivity contribution in [2.24, 2.45) is 5.73 Å². The van der Waals surface area contributed by atoms with E-state index in [2.05, 4.69) is 71.6 Å². The molecule has 0 unspecified atom stereocenters. The number of amides is 1. The van der Waals surface area contributed by atoms with E-state index in [1.54, 1.807) is 0 Å². The summed E-state index contributed by atoms with van der Waals surface area (Å²) in [5.41, 5.74) is 8.97. The molecule has 1 saturated heterocycles. The predicted octanol–water partition coefficient (Wildman–Crippen LogP) is 3.96. The minimum atomic E-state index is -0.230. The van der Waals surface area contributed by atoms with E-state index in [1.165, 1.54) is 21.9 Å². The van der Waals surface area contributed by atoms with Crippen LogP contribution in [0, 0.1) is 0 Å². The van der Waals surface area contributed by atoms with Gasteiger partial charge in [-0.15, -0.1) is 0 Å². The Kier molecular flexibility index (Phi) is 3.69. The summed E-state index contributed by atoms with van der Waals surface area (Å²) in [4.78, 5) is 13.7. The SMILES string of the molecule is NC(=O)[C@H]1CCCN1c1ccc(-c2ccc3ccccc3c2)cc1. The van der Waals surface area contributed by atoms with E-state index in [-0.39, 0.29) is 11.9 Å². The predicted molar refractivity (Wildman–Crippen MR) is 98.9 cm³/mol. The van der Waals surface area contributed by atoms with Crippen LogP contribution in [0.15, 0.2) is 66.7 Å². The van der Waals surface area contributed by atoms with E-state index in [9.17, 15) is 4.79 Å². The largest absolute Gasteiger partial charge is 0.368 e. The average molecular weight is 316 g/mol. The Bertz CT molecular complexity index is 886. The monoisotopic (exact) mass is 316 g/mol. The summed E-state index contributed by atoms with van der Waals surface area (Å²) < 4.78 is 0. The van der Waals surface area contributed by atoms with Crippen molar-refractivity contribution in [1.29, 1.82) is 0 Å². The van der Waals surface area contributed by atoms with Gasteiger partial charge in [0.25, 0.3) is 0 Å². The number of carbonyl (C=O) groups is 1. The van der Waals surface area contributed by atoms with Crippen molar-refractivity contribution in [2.45, 2.75) is 18.9 Å². The lowest BCUT2D eigenvalue weighted by Gasteiger charge is -2.24. The Morgan fingerprint density at radius 1 is 0.917 bits per heavy atom. The molecule has 1 amide bonds. The van der Waals surface area contributed by atoms with Gasteiger partial charge in [0.05, 0.1) is 0 Å². The van der Waals surface area contributed by atoms with Gasteiger partial charge in [0.2, 0.25) is 5.91 Å². The summed E-state index contributed by atoms with van der Waals surface area (Å²) in [7, 11) is 0. The number of nitrogens with zero attached hydrogens (tertiary/aromatic N) is 1. The third-order valence-electron chi connectivity index (χ3n) is 4.86. The van der Waals surface area contributed by atoms with Gasteiger partial charge in [-0.1, -0.05) is 48.5 Å². The lowest BCUT2D eigenvalue weighted by atomic mass is 10.0. The first-order valence-corrected chi connectivity index (χ1v) is 8.37. The van der Waals surface area contributed by atoms with Crippen molar-refractivity contribution in [3.05, 3.63) is 66.7 Å². The molecule has 0 saturated carbocycles. The van der Waals surface area contributed by atoms with Crippen LogP contribution in [0.1, 0.15) is 12.8 Å². The first-order valence-electron chi connectivity index (χ1n) is 8.37. The summed E-state index contributed by atoms with van der Waals surface area (Å²) in [5.74, 6) is -0.230. The van der Waals surface area contributed by atoms with Crippen LogP contribution in [-0.4, -0.2) is 18.5 Å². The van der Waals surface area contributed by atoms with Crippen LogP contribution in [0.2, 0.25) is 0 Å². The smallest absolute Gasteiger partial charge is 0.240 e. The average Bonchev–Trinajstić information content (AvgIpc) is 3.11. The Labute approximate surface area is 141 Å². The van der Waals surface area contributed by atoms with E-state index < -0.39 is 0 Å². The normalized spacial score (nSPS) is 17.3. The highest BCUT2D eigenvalue weighted by Crippen LogP contribution is 2.29. The summed E-state index contributed by atoms with van der Waals surface area (Å²) in [6.07, 6.45) is 1.86. The van der Waals surface area contributed by atoms with Gasteiger partial charge in [0.15, 0.2) is 0 Å². The Balaban J connectivity index is 1.64. The molecule has 1 heterocycles. The molecule has 0 aromatic heterocycles. The molecule has 0 radical (unpaired) electrons. The fraction of sp³-hybridized carbons (Fsp3) is 0.190. The van der Waals surface area contributed by atoms with Crippen LogP contribution >= 0.6 is 0 Å². The summed E-state index contributed by atoms with van der Waals surface area (Å²) in [5, 5.41) is 2.49. The molecule has 0 spiro atoms. The van der Waals surface area contributed by atoms with Gasteiger partial charge in [-0.3, -0.25) is 4.79 Å². The quantitative estimate of drug-likeness (QED) is 0.795. The number of carbonyl (C=O) groups excluding carboxylic acids is 1. The van der Waals surface area contributed by atoms with Crippen LogP contribution in [0.4, 0.5) is 5.69 Å². The van der Waals surface area contributed by atoms with Crippen LogP contribution < -0.4 is 10.6 Å². The number of rotatable bonds is 3. The molecule has 1 aliphatic rings. The lowest BCUT2D eigenvalue weighted by molar-refractivity contribution is -0.119. The third kappa shape index (κ3) is 2.62. The Morgan fingerprint density at radius 2 is 1.62 bits per heavy atom. The number of hydrogen-bond donors (Lipinski definition) is 1. The van der Waals surface area contributed by atoms with Gasteiger partial charge in [0, 0.05) is 12.2 Å². The maximum atomic E-state index is 11.6. The molecule has 0 aliphatic carbocycles. The molecule has 1 atom stereocenters. The first-order chi connectivity index (χ1) is 11.7. The zero-order valence-corrected chi connectivity index (χ0v) is 13.5. The molecule has 0 bridgehead atoms. The van der Waals surface area contributed by atoms with E-state index in [1.807, 2.05) is 0 Å². The fourth-order valence-corrected chi connectivity index (χ4v) is 3.59. The van der Waals surface area contributed by atoms with Crippen LogP contribution in [0.25, 0.3) is 21.9 Å². The number of anilines is 1. The van der Waals surface area contributed by atoms with Gasteiger partial charge >= 0.3 is 0 Å². The maximum Gasteiger partial charge on any atom is 0.240 e. The van der Waals surface area contributed by atoms with Crippen molar-refractivity contribution in [3.8, 4) is 11.1 Å². The number of benzene rings is 3. The Morgan fingerprint density at radius 3 is 2.38 bits per heavy atom. The molecule has 4 rings (SSSR count). The van der Waals surface area contributed by atoms with Crippen LogP contribution in [0.3, 0.4) is 0 Å². The van der Waals surface area contributed by atoms with Crippen molar-refractivity contribution in [3.63, 3.8) is 0 Å². The molecular formula is C21H20N2O. The van der Waals surface area contributed by atoms with Gasteiger partial charge in [-0.25, -0.2) is 0 Å². The molecule has 3 heteroatoms. The number of primary amides is 1. The van der Waals surface area contributed by atoms with Crippen molar-refractivity contribution >= 4 is 22.4 Å².